The first-order valence-electron chi connectivity index (χ1n) is 4.88. The van der Waals surface area contributed by atoms with E-state index in [-0.39, 0.29) is 19.3 Å². The molecule has 0 unspecified atom stereocenters. The Bertz CT molecular complexity index is 142. The van der Waals surface area contributed by atoms with E-state index in [1.54, 1.807) is 0 Å². The quantitative estimate of drug-likeness (QED) is 0.458. The normalized spacial score (nSPS) is 21.2. The Hall–Kier alpha value is -0.160. The third-order valence-electron chi connectivity index (χ3n) is 2.69. The fraction of sp³-hybridized carbons (Fsp3) is 1.00. The van der Waals surface area contributed by atoms with Crippen molar-refractivity contribution in [3.63, 3.8) is 0 Å². The van der Waals surface area contributed by atoms with E-state index in [1.807, 2.05) is 0 Å². The van der Waals surface area contributed by atoms with Gasteiger partial charge in [-0.05, 0) is 12.8 Å². The molecule has 1 rings (SSSR count). The second-order valence-corrected chi connectivity index (χ2v) is 3.87. The van der Waals surface area contributed by atoms with Crippen molar-refractivity contribution in [2.24, 2.45) is 0 Å². The third-order valence-corrected chi connectivity index (χ3v) is 2.69. The number of aliphatic hydroxyl groups excluding tert-OH is 2. The molecule has 0 radical (unpaired) electrons. The lowest BCUT2D eigenvalue weighted by Crippen LogP contribution is -2.45. The summed E-state index contributed by atoms with van der Waals surface area (Å²) in [5.74, 6) is 0. The van der Waals surface area contributed by atoms with E-state index in [2.05, 4.69) is 5.32 Å². The Morgan fingerprint density at radius 3 is 2.15 bits per heavy atom. The molecule has 0 aromatic carbocycles. The first-order chi connectivity index (χ1) is 6.20. The van der Waals surface area contributed by atoms with Gasteiger partial charge in [0.1, 0.15) is 0 Å². The number of hydrogen-bond acceptors (Lipinski definition) is 4. The van der Waals surface area contributed by atoms with E-state index in [1.165, 1.54) is 0 Å². The molecule has 1 saturated carbocycles. The topological polar surface area (TPSA) is 72.7 Å². The number of nitrogens with one attached hydrogen (secondary N) is 1. The molecule has 0 amide bonds. The maximum Gasteiger partial charge on any atom is 0.0771 e. The fourth-order valence-electron chi connectivity index (χ4n) is 1.73. The summed E-state index contributed by atoms with van der Waals surface area (Å²) in [6, 6.07) is -0.301. The largest absolute Gasteiger partial charge is 0.395 e. The lowest BCUT2D eigenvalue weighted by molar-refractivity contribution is 0.0387. The highest BCUT2D eigenvalue weighted by atomic mass is 16.3. The summed E-state index contributed by atoms with van der Waals surface area (Å²) in [4.78, 5) is 0. The highest BCUT2D eigenvalue weighted by molar-refractivity contribution is 4.87. The predicted octanol–water partition coefficient (Wildman–Crippen LogP) is -0.766. The van der Waals surface area contributed by atoms with Gasteiger partial charge in [-0.15, -0.1) is 0 Å². The molecule has 0 heterocycles. The molecule has 4 N–H and O–H groups in total. The molecule has 4 nitrogen and oxygen atoms in total. The van der Waals surface area contributed by atoms with Crippen molar-refractivity contribution in [1.29, 1.82) is 0 Å². The molecule has 1 fully saturated rings. The Morgan fingerprint density at radius 2 is 1.69 bits per heavy atom. The summed E-state index contributed by atoms with van der Waals surface area (Å²) in [5, 5.41) is 30.4. The van der Waals surface area contributed by atoms with Crippen molar-refractivity contribution in [1.82, 2.24) is 5.32 Å². The summed E-state index contributed by atoms with van der Waals surface area (Å²) in [6.07, 6.45) is 3.79. The van der Waals surface area contributed by atoms with E-state index >= 15 is 0 Å². The van der Waals surface area contributed by atoms with Gasteiger partial charge in [0.15, 0.2) is 0 Å². The van der Waals surface area contributed by atoms with Crippen molar-refractivity contribution in [2.45, 2.75) is 37.3 Å². The average molecular weight is 189 g/mol. The SMILES string of the molecule is OCC(CO)NCC1(O)CCCC1. The molecular weight excluding hydrogens is 170 g/mol. The van der Waals surface area contributed by atoms with E-state index < -0.39 is 5.60 Å². The van der Waals surface area contributed by atoms with Crippen LogP contribution in [0.3, 0.4) is 0 Å². The summed E-state index contributed by atoms with van der Waals surface area (Å²) in [6.45, 7) is 0.290. The second-order valence-electron chi connectivity index (χ2n) is 3.87. The lowest BCUT2D eigenvalue weighted by atomic mass is 10.0. The molecule has 78 valence electrons. The van der Waals surface area contributed by atoms with Crippen LogP contribution in [0.15, 0.2) is 0 Å². The fourth-order valence-corrected chi connectivity index (χ4v) is 1.73. The minimum atomic E-state index is -0.609. The van der Waals surface area contributed by atoms with Gasteiger partial charge in [0.25, 0.3) is 0 Å². The van der Waals surface area contributed by atoms with Crippen LogP contribution in [-0.4, -0.2) is 46.7 Å². The molecule has 0 spiro atoms. The van der Waals surface area contributed by atoms with Gasteiger partial charge < -0.3 is 20.6 Å². The molecule has 0 aliphatic heterocycles. The molecule has 0 saturated heterocycles. The minimum absolute atomic E-state index is 0.0907. The van der Waals surface area contributed by atoms with Crippen molar-refractivity contribution in [3.8, 4) is 0 Å². The molecular formula is C9H19NO3. The van der Waals surface area contributed by atoms with Gasteiger partial charge in [-0.2, -0.15) is 0 Å². The van der Waals surface area contributed by atoms with E-state index in [9.17, 15) is 5.11 Å². The highest BCUT2D eigenvalue weighted by Gasteiger charge is 2.31. The van der Waals surface area contributed by atoms with Crippen LogP contribution in [0.4, 0.5) is 0 Å². The molecule has 0 aromatic heterocycles. The van der Waals surface area contributed by atoms with Crippen LogP contribution in [0.2, 0.25) is 0 Å². The molecule has 1 aliphatic rings. The first kappa shape index (κ1) is 10.9. The Morgan fingerprint density at radius 1 is 1.15 bits per heavy atom. The van der Waals surface area contributed by atoms with Gasteiger partial charge in [-0.1, -0.05) is 12.8 Å². The number of hydrogen-bond donors (Lipinski definition) is 4. The van der Waals surface area contributed by atoms with Gasteiger partial charge in [0.2, 0.25) is 0 Å². The predicted molar refractivity (Wildman–Crippen MR) is 49.4 cm³/mol. The summed E-state index contributed by atoms with van der Waals surface area (Å²) < 4.78 is 0. The van der Waals surface area contributed by atoms with Crippen LogP contribution < -0.4 is 5.32 Å². The zero-order valence-corrected chi connectivity index (χ0v) is 7.87. The molecule has 13 heavy (non-hydrogen) atoms. The third kappa shape index (κ3) is 3.23. The lowest BCUT2D eigenvalue weighted by Gasteiger charge is -2.25. The monoisotopic (exact) mass is 189 g/mol. The van der Waals surface area contributed by atoms with Crippen molar-refractivity contribution in [3.05, 3.63) is 0 Å². The smallest absolute Gasteiger partial charge is 0.0771 e. The first-order valence-corrected chi connectivity index (χ1v) is 4.88. The summed E-state index contributed by atoms with van der Waals surface area (Å²) in [7, 11) is 0. The van der Waals surface area contributed by atoms with Crippen LogP contribution in [-0.2, 0) is 0 Å². The number of aliphatic hydroxyl groups is 3. The molecule has 0 bridgehead atoms. The van der Waals surface area contributed by atoms with Crippen LogP contribution in [0, 0.1) is 0 Å². The van der Waals surface area contributed by atoms with Gasteiger partial charge in [0.05, 0.1) is 24.9 Å². The van der Waals surface area contributed by atoms with Crippen LogP contribution in [0.25, 0.3) is 0 Å². The minimum Gasteiger partial charge on any atom is -0.395 e. The van der Waals surface area contributed by atoms with Crippen molar-refractivity contribution < 1.29 is 15.3 Å². The molecule has 1 aliphatic carbocycles. The van der Waals surface area contributed by atoms with Crippen LogP contribution in [0.5, 0.6) is 0 Å². The van der Waals surface area contributed by atoms with Gasteiger partial charge in [-0.25, -0.2) is 0 Å². The van der Waals surface area contributed by atoms with Crippen molar-refractivity contribution in [2.75, 3.05) is 19.8 Å². The second kappa shape index (κ2) is 4.91. The Labute approximate surface area is 78.6 Å². The Balaban J connectivity index is 2.23. The maximum atomic E-state index is 9.91. The van der Waals surface area contributed by atoms with Crippen molar-refractivity contribution >= 4 is 0 Å². The molecule has 0 atom stereocenters. The standard InChI is InChI=1S/C9H19NO3/c11-5-8(6-12)10-7-9(13)3-1-2-4-9/h8,10-13H,1-7H2. The summed E-state index contributed by atoms with van der Waals surface area (Å²) in [5.41, 5.74) is -0.609. The van der Waals surface area contributed by atoms with E-state index in [0.29, 0.717) is 6.54 Å². The molecule has 0 aromatic rings. The summed E-state index contributed by atoms with van der Waals surface area (Å²) >= 11 is 0. The average Bonchev–Trinajstić information content (AvgIpc) is 2.55. The van der Waals surface area contributed by atoms with E-state index in [0.717, 1.165) is 25.7 Å². The molecule has 4 heteroatoms. The maximum absolute atomic E-state index is 9.91. The van der Waals surface area contributed by atoms with E-state index in [4.69, 9.17) is 10.2 Å². The highest BCUT2D eigenvalue weighted by Crippen LogP contribution is 2.28. The zero-order chi connectivity index (χ0) is 9.73. The van der Waals surface area contributed by atoms with Crippen LogP contribution in [0.1, 0.15) is 25.7 Å². The van der Waals surface area contributed by atoms with Gasteiger partial charge >= 0.3 is 0 Å². The van der Waals surface area contributed by atoms with Gasteiger partial charge in [-0.3, -0.25) is 0 Å². The van der Waals surface area contributed by atoms with Crippen LogP contribution >= 0.6 is 0 Å². The zero-order valence-electron chi connectivity index (χ0n) is 7.87. The Kier molecular flexibility index (Phi) is 4.12. The van der Waals surface area contributed by atoms with Gasteiger partial charge in [0, 0.05) is 6.54 Å². The number of rotatable bonds is 5.